The number of nitrogens with one attached hydrogen (secondary N) is 2. The molecule has 7 heteroatoms. The minimum absolute atomic E-state index is 0.103. The summed E-state index contributed by atoms with van der Waals surface area (Å²) >= 11 is 0. The zero-order chi connectivity index (χ0) is 14.5. The van der Waals surface area contributed by atoms with Gasteiger partial charge in [0.1, 0.15) is 11.4 Å². The molecular weight excluding hydrogens is 258 g/mol. The molecule has 20 heavy (non-hydrogen) atoms. The van der Waals surface area contributed by atoms with Gasteiger partial charge in [-0.05, 0) is 5.56 Å². The first-order valence-electron chi connectivity index (χ1n) is 6.09. The van der Waals surface area contributed by atoms with Crippen LogP contribution in [0.5, 0.6) is 5.88 Å². The Hall–Kier alpha value is -2.57. The second-order valence-corrected chi connectivity index (χ2v) is 4.42. The predicted molar refractivity (Wildman–Crippen MR) is 74.7 cm³/mol. The molecule has 0 saturated carbocycles. The van der Waals surface area contributed by atoms with Gasteiger partial charge in [-0.1, -0.05) is 6.07 Å². The molecule has 2 N–H and O–H groups in total. The van der Waals surface area contributed by atoms with E-state index >= 15 is 0 Å². The Morgan fingerprint density at radius 3 is 2.80 bits per heavy atom. The molecule has 0 aliphatic carbocycles. The Labute approximate surface area is 117 Å². The molecule has 7 nitrogen and oxygen atoms in total. The van der Waals surface area contributed by atoms with Crippen molar-refractivity contribution in [1.29, 1.82) is 0 Å². The van der Waals surface area contributed by atoms with Crippen molar-refractivity contribution in [2.75, 3.05) is 26.5 Å². The molecule has 0 bridgehead atoms. The minimum atomic E-state index is -0.103. The van der Waals surface area contributed by atoms with Gasteiger partial charge in [-0.3, -0.25) is 9.89 Å². The van der Waals surface area contributed by atoms with Crippen LogP contribution >= 0.6 is 0 Å². The second-order valence-electron chi connectivity index (χ2n) is 4.42. The van der Waals surface area contributed by atoms with E-state index in [0.29, 0.717) is 23.8 Å². The summed E-state index contributed by atoms with van der Waals surface area (Å²) in [6.07, 6.45) is 3.23. The first kappa shape index (κ1) is 13.9. The van der Waals surface area contributed by atoms with Gasteiger partial charge in [-0.25, -0.2) is 4.98 Å². The van der Waals surface area contributed by atoms with E-state index in [9.17, 15) is 4.79 Å². The van der Waals surface area contributed by atoms with Crippen LogP contribution in [0.25, 0.3) is 0 Å². The number of carbonyl (C=O) groups is 1. The van der Waals surface area contributed by atoms with Crippen LogP contribution in [-0.4, -0.2) is 47.2 Å². The van der Waals surface area contributed by atoms with Gasteiger partial charge in [0.2, 0.25) is 5.88 Å². The molecular formula is C13H17N5O2. The number of rotatable bonds is 5. The number of hydrogen-bond donors (Lipinski definition) is 2. The van der Waals surface area contributed by atoms with Gasteiger partial charge in [0.15, 0.2) is 0 Å². The van der Waals surface area contributed by atoms with Crippen LogP contribution in [0.15, 0.2) is 24.5 Å². The maximum atomic E-state index is 11.9. The van der Waals surface area contributed by atoms with Gasteiger partial charge >= 0.3 is 0 Å². The fourth-order valence-electron chi connectivity index (χ4n) is 1.65. The van der Waals surface area contributed by atoms with E-state index < -0.39 is 0 Å². The molecule has 2 rings (SSSR count). The van der Waals surface area contributed by atoms with E-state index in [4.69, 9.17) is 4.74 Å². The lowest BCUT2D eigenvalue weighted by molar-refractivity contribution is 0.0828. The SMILES string of the molecule is COc1ccc(CNc2[nH]ncc2C(=O)N(C)C)cn1. The van der Waals surface area contributed by atoms with Crippen molar-refractivity contribution in [2.24, 2.45) is 0 Å². The molecule has 0 aliphatic rings. The molecule has 106 valence electrons. The van der Waals surface area contributed by atoms with Gasteiger partial charge in [0.05, 0.1) is 13.3 Å². The third-order valence-electron chi connectivity index (χ3n) is 2.75. The number of aromatic amines is 1. The van der Waals surface area contributed by atoms with Crippen molar-refractivity contribution in [2.45, 2.75) is 6.54 Å². The van der Waals surface area contributed by atoms with Crippen LogP contribution in [-0.2, 0) is 6.54 Å². The van der Waals surface area contributed by atoms with Crippen LogP contribution in [0.3, 0.4) is 0 Å². The van der Waals surface area contributed by atoms with E-state index in [2.05, 4.69) is 20.5 Å². The summed E-state index contributed by atoms with van der Waals surface area (Å²) in [4.78, 5) is 17.5. The van der Waals surface area contributed by atoms with Crippen molar-refractivity contribution >= 4 is 11.7 Å². The third kappa shape index (κ3) is 3.05. The van der Waals surface area contributed by atoms with Gasteiger partial charge in [-0.15, -0.1) is 0 Å². The average Bonchev–Trinajstić information content (AvgIpc) is 2.93. The number of ether oxygens (including phenoxy) is 1. The average molecular weight is 275 g/mol. The Morgan fingerprint density at radius 1 is 1.40 bits per heavy atom. The summed E-state index contributed by atoms with van der Waals surface area (Å²) in [6.45, 7) is 0.535. The van der Waals surface area contributed by atoms with Gasteiger partial charge in [0.25, 0.3) is 5.91 Å². The van der Waals surface area contributed by atoms with Crippen molar-refractivity contribution in [3.63, 3.8) is 0 Å². The summed E-state index contributed by atoms with van der Waals surface area (Å²) in [5.74, 6) is 1.06. The summed E-state index contributed by atoms with van der Waals surface area (Å²) in [5, 5.41) is 9.81. The number of hydrogen-bond acceptors (Lipinski definition) is 5. The molecule has 0 spiro atoms. The monoisotopic (exact) mass is 275 g/mol. The maximum absolute atomic E-state index is 11.9. The summed E-state index contributed by atoms with van der Waals surface area (Å²) in [6, 6.07) is 3.69. The molecule has 2 aromatic rings. The predicted octanol–water partition coefficient (Wildman–Crippen LogP) is 1.13. The van der Waals surface area contributed by atoms with Crippen LogP contribution in [0.4, 0.5) is 5.82 Å². The van der Waals surface area contributed by atoms with Crippen LogP contribution in [0.1, 0.15) is 15.9 Å². The molecule has 2 aromatic heterocycles. The lowest BCUT2D eigenvalue weighted by atomic mass is 10.2. The Bertz CT molecular complexity index is 577. The Morgan fingerprint density at radius 2 is 2.20 bits per heavy atom. The fourth-order valence-corrected chi connectivity index (χ4v) is 1.65. The van der Waals surface area contributed by atoms with Crippen LogP contribution < -0.4 is 10.1 Å². The van der Waals surface area contributed by atoms with Crippen LogP contribution in [0.2, 0.25) is 0 Å². The van der Waals surface area contributed by atoms with Crippen LogP contribution in [0, 0.1) is 0 Å². The number of carbonyl (C=O) groups excluding carboxylic acids is 1. The summed E-state index contributed by atoms with van der Waals surface area (Å²) in [7, 11) is 4.98. The number of nitrogens with zero attached hydrogens (tertiary/aromatic N) is 3. The van der Waals surface area contributed by atoms with Gasteiger partial charge in [0, 0.05) is 32.9 Å². The fraction of sp³-hybridized carbons (Fsp3) is 0.308. The highest BCUT2D eigenvalue weighted by Gasteiger charge is 2.15. The Kier molecular flexibility index (Phi) is 4.19. The smallest absolute Gasteiger partial charge is 0.258 e. The highest BCUT2D eigenvalue weighted by Crippen LogP contribution is 2.14. The molecule has 0 aromatic carbocycles. The summed E-state index contributed by atoms with van der Waals surface area (Å²) < 4.78 is 5.00. The number of H-pyrrole nitrogens is 1. The van der Waals surface area contributed by atoms with E-state index in [1.165, 1.54) is 11.1 Å². The zero-order valence-electron chi connectivity index (χ0n) is 11.7. The first-order valence-corrected chi connectivity index (χ1v) is 6.09. The Balaban J connectivity index is 2.04. The van der Waals surface area contributed by atoms with E-state index in [-0.39, 0.29) is 5.91 Å². The topological polar surface area (TPSA) is 83.1 Å². The van der Waals surface area contributed by atoms with Gasteiger partial charge < -0.3 is 15.0 Å². The highest BCUT2D eigenvalue weighted by atomic mass is 16.5. The number of amides is 1. The lowest BCUT2D eigenvalue weighted by Gasteiger charge is -2.11. The molecule has 0 fully saturated rings. The number of pyridine rings is 1. The maximum Gasteiger partial charge on any atom is 0.258 e. The zero-order valence-corrected chi connectivity index (χ0v) is 11.7. The molecule has 1 amide bonds. The standard InChI is InChI=1S/C13H17N5O2/c1-18(2)13(19)10-8-16-17-12(10)15-7-9-4-5-11(20-3)14-6-9/h4-6,8H,7H2,1-3H3,(H2,15,16,17). The van der Waals surface area contributed by atoms with E-state index in [1.54, 1.807) is 33.5 Å². The lowest BCUT2D eigenvalue weighted by Crippen LogP contribution is -2.22. The van der Waals surface area contributed by atoms with Crippen molar-refractivity contribution in [3.05, 3.63) is 35.7 Å². The molecule has 0 radical (unpaired) electrons. The van der Waals surface area contributed by atoms with Crippen molar-refractivity contribution < 1.29 is 9.53 Å². The molecule has 0 atom stereocenters. The van der Waals surface area contributed by atoms with Crippen molar-refractivity contribution in [3.8, 4) is 5.88 Å². The largest absolute Gasteiger partial charge is 0.481 e. The van der Waals surface area contributed by atoms with E-state index in [1.807, 2.05) is 6.07 Å². The third-order valence-corrected chi connectivity index (χ3v) is 2.75. The van der Waals surface area contributed by atoms with Gasteiger partial charge in [-0.2, -0.15) is 5.10 Å². The number of aromatic nitrogens is 3. The minimum Gasteiger partial charge on any atom is -0.481 e. The molecule has 0 unspecified atom stereocenters. The molecule has 2 heterocycles. The van der Waals surface area contributed by atoms with Crippen molar-refractivity contribution in [1.82, 2.24) is 20.1 Å². The number of anilines is 1. The first-order chi connectivity index (χ1) is 9.61. The molecule has 0 aliphatic heterocycles. The second kappa shape index (κ2) is 6.05. The number of methoxy groups -OCH3 is 1. The normalized spacial score (nSPS) is 10.2. The quantitative estimate of drug-likeness (QED) is 0.854. The molecule has 0 saturated heterocycles. The highest BCUT2D eigenvalue weighted by molar-refractivity contribution is 5.98. The van der Waals surface area contributed by atoms with E-state index in [0.717, 1.165) is 5.56 Å². The summed E-state index contributed by atoms with van der Waals surface area (Å²) in [5.41, 5.74) is 1.49.